The first-order chi connectivity index (χ1) is 15.9. The molecule has 0 saturated carbocycles. The molecule has 0 amide bonds. The first kappa shape index (κ1) is 27.6. The fourth-order valence-electron chi connectivity index (χ4n) is 2.23. The highest BCUT2D eigenvalue weighted by atomic mass is 16.6. The second-order valence-corrected chi connectivity index (χ2v) is 6.66. The van der Waals surface area contributed by atoms with Crippen molar-refractivity contribution < 1.29 is 57.9 Å². The van der Waals surface area contributed by atoms with Crippen LogP contribution >= 0.6 is 0 Å². The Kier molecular flexibility index (Phi) is 10.2. The maximum Gasteiger partial charge on any atom is 0.339 e. The Hall–Kier alpha value is -4.48. The smallest absolute Gasteiger partial charge is 0.339 e. The lowest BCUT2D eigenvalue weighted by Crippen LogP contribution is -2.21. The molecular formula is C22H22O12. The molecule has 0 saturated heterocycles. The van der Waals surface area contributed by atoms with Crippen LogP contribution < -0.4 is 0 Å². The van der Waals surface area contributed by atoms with Crippen molar-refractivity contribution in [2.24, 2.45) is 0 Å². The van der Waals surface area contributed by atoms with Gasteiger partial charge in [-0.1, -0.05) is 13.2 Å². The summed E-state index contributed by atoms with van der Waals surface area (Å²) in [4.78, 5) is 70.5. The van der Waals surface area contributed by atoms with Gasteiger partial charge in [0.05, 0.1) is 22.3 Å². The summed E-state index contributed by atoms with van der Waals surface area (Å²) in [6.07, 6.45) is 0. The van der Waals surface area contributed by atoms with Gasteiger partial charge >= 0.3 is 35.8 Å². The monoisotopic (exact) mass is 478 g/mol. The first-order valence-electron chi connectivity index (χ1n) is 9.50. The summed E-state index contributed by atoms with van der Waals surface area (Å²) in [5.74, 6) is -7.21. The highest BCUT2D eigenvalue weighted by molar-refractivity contribution is 6.09. The number of esters is 4. The molecule has 0 atom stereocenters. The Morgan fingerprint density at radius 3 is 1.21 bits per heavy atom. The van der Waals surface area contributed by atoms with E-state index in [9.17, 15) is 39.0 Å². The molecule has 0 aromatic heterocycles. The molecule has 12 heteroatoms. The molecule has 12 nitrogen and oxygen atoms in total. The van der Waals surface area contributed by atoms with Crippen LogP contribution in [-0.4, -0.2) is 72.5 Å². The molecule has 34 heavy (non-hydrogen) atoms. The van der Waals surface area contributed by atoms with E-state index >= 15 is 0 Å². The number of carboxylic acids is 2. The normalized spacial score (nSPS) is 9.94. The zero-order valence-electron chi connectivity index (χ0n) is 18.4. The van der Waals surface area contributed by atoms with Crippen LogP contribution in [-0.2, 0) is 28.5 Å². The van der Waals surface area contributed by atoms with Crippen molar-refractivity contribution in [2.45, 2.75) is 13.8 Å². The largest absolute Gasteiger partial charge is 0.478 e. The quantitative estimate of drug-likeness (QED) is 0.192. The minimum Gasteiger partial charge on any atom is -0.478 e. The number of hydrogen-bond donors (Lipinski definition) is 2. The third kappa shape index (κ3) is 7.89. The van der Waals surface area contributed by atoms with Crippen molar-refractivity contribution in [3.05, 3.63) is 58.7 Å². The summed E-state index contributed by atoms with van der Waals surface area (Å²) < 4.78 is 19.2. The van der Waals surface area contributed by atoms with Gasteiger partial charge in [-0.2, -0.15) is 0 Å². The predicted octanol–water partition coefficient (Wildman–Crippen LogP) is 1.64. The molecule has 0 aliphatic carbocycles. The van der Waals surface area contributed by atoms with Crippen LogP contribution in [0.4, 0.5) is 0 Å². The number of hydrogen-bond acceptors (Lipinski definition) is 10. The SMILES string of the molecule is C=C(C)C(=O)OCCOC(=O)c1cc(C(=O)OCCOC(=O)C(=C)C)c(C(=O)O)cc1C(=O)O. The zero-order valence-corrected chi connectivity index (χ0v) is 18.4. The summed E-state index contributed by atoms with van der Waals surface area (Å²) >= 11 is 0. The average molecular weight is 478 g/mol. The highest BCUT2D eigenvalue weighted by Gasteiger charge is 2.27. The molecule has 0 fully saturated rings. The van der Waals surface area contributed by atoms with Crippen molar-refractivity contribution in [2.75, 3.05) is 26.4 Å². The maximum absolute atomic E-state index is 12.4. The predicted molar refractivity (Wildman–Crippen MR) is 112 cm³/mol. The molecule has 1 rings (SSSR count). The number of benzene rings is 1. The van der Waals surface area contributed by atoms with Crippen LogP contribution in [0.2, 0.25) is 0 Å². The van der Waals surface area contributed by atoms with E-state index in [-0.39, 0.29) is 24.4 Å². The van der Waals surface area contributed by atoms with Gasteiger partial charge in [0.2, 0.25) is 0 Å². The topological polar surface area (TPSA) is 180 Å². The van der Waals surface area contributed by atoms with E-state index < -0.39 is 71.3 Å². The molecule has 0 radical (unpaired) electrons. The first-order valence-corrected chi connectivity index (χ1v) is 9.50. The van der Waals surface area contributed by atoms with E-state index in [2.05, 4.69) is 13.2 Å². The fraction of sp³-hybridized carbons (Fsp3) is 0.273. The van der Waals surface area contributed by atoms with E-state index in [1.165, 1.54) is 13.8 Å². The number of carbonyl (C=O) groups excluding carboxylic acids is 4. The summed E-state index contributed by atoms with van der Waals surface area (Å²) in [7, 11) is 0. The van der Waals surface area contributed by atoms with Crippen molar-refractivity contribution in [1.82, 2.24) is 0 Å². The van der Waals surface area contributed by atoms with Gasteiger partial charge in [0.25, 0.3) is 0 Å². The van der Waals surface area contributed by atoms with Crippen molar-refractivity contribution in [1.29, 1.82) is 0 Å². The maximum atomic E-state index is 12.4. The summed E-state index contributed by atoms with van der Waals surface area (Å²) in [5, 5.41) is 18.7. The Labute approximate surface area is 193 Å². The minimum atomic E-state index is -1.66. The lowest BCUT2D eigenvalue weighted by molar-refractivity contribution is -0.140. The molecule has 1 aromatic carbocycles. The molecule has 0 aliphatic heterocycles. The number of ether oxygens (including phenoxy) is 4. The van der Waals surface area contributed by atoms with Gasteiger partial charge in [-0.25, -0.2) is 28.8 Å². The average Bonchev–Trinajstić information content (AvgIpc) is 2.77. The van der Waals surface area contributed by atoms with Gasteiger partial charge in [-0.05, 0) is 26.0 Å². The Morgan fingerprint density at radius 1 is 0.618 bits per heavy atom. The second-order valence-electron chi connectivity index (χ2n) is 6.66. The van der Waals surface area contributed by atoms with Gasteiger partial charge in [0, 0.05) is 11.1 Å². The zero-order chi connectivity index (χ0) is 26.0. The lowest BCUT2D eigenvalue weighted by atomic mass is 9.98. The molecule has 0 spiro atoms. The van der Waals surface area contributed by atoms with E-state index in [1.54, 1.807) is 0 Å². The number of rotatable bonds is 12. The van der Waals surface area contributed by atoms with E-state index in [4.69, 9.17) is 18.9 Å². The second kappa shape index (κ2) is 12.5. The van der Waals surface area contributed by atoms with E-state index in [1.807, 2.05) is 0 Å². The Bertz CT molecular complexity index is 971. The lowest BCUT2D eigenvalue weighted by Gasteiger charge is -2.12. The van der Waals surface area contributed by atoms with Crippen LogP contribution in [0, 0.1) is 0 Å². The molecule has 2 N–H and O–H groups in total. The molecule has 1 aromatic rings. The molecule has 0 bridgehead atoms. The van der Waals surface area contributed by atoms with Crippen LogP contribution in [0.25, 0.3) is 0 Å². The van der Waals surface area contributed by atoms with Crippen LogP contribution in [0.3, 0.4) is 0 Å². The van der Waals surface area contributed by atoms with Gasteiger partial charge in [-0.15, -0.1) is 0 Å². The van der Waals surface area contributed by atoms with Crippen LogP contribution in [0.5, 0.6) is 0 Å². The molecular weight excluding hydrogens is 456 g/mol. The fourth-order valence-corrected chi connectivity index (χ4v) is 2.23. The summed E-state index contributed by atoms with van der Waals surface area (Å²) in [6, 6.07) is 1.32. The van der Waals surface area contributed by atoms with Crippen molar-refractivity contribution in [3.63, 3.8) is 0 Å². The van der Waals surface area contributed by atoms with Crippen LogP contribution in [0.1, 0.15) is 55.3 Å². The van der Waals surface area contributed by atoms with Crippen molar-refractivity contribution >= 4 is 35.8 Å². The molecule has 0 aliphatic rings. The third-order valence-corrected chi connectivity index (χ3v) is 3.85. The van der Waals surface area contributed by atoms with Gasteiger partial charge in [-0.3, -0.25) is 0 Å². The van der Waals surface area contributed by atoms with Gasteiger partial charge in [0.15, 0.2) is 0 Å². The number of carboxylic acid groups (broad SMARTS) is 2. The highest BCUT2D eigenvalue weighted by Crippen LogP contribution is 2.20. The Balaban J connectivity index is 3.07. The molecule has 0 unspecified atom stereocenters. The van der Waals surface area contributed by atoms with Crippen LogP contribution in [0.15, 0.2) is 36.4 Å². The van der Waals surface area contributed by atoms with Crippen molar-refractivity contribution in [3.8, 4) is 0 Å². The minimum absolute atomic E-state index is 0.112. The number of carbonyl (C=O) groups is 6. The van der Waals surface area contributed by atoms with E-state index in [0.717, 1.165) is 0 Å². The third-order valence-electron chi connectivity index (χ3n) is 3.85. The number of aromatic carboxylic acids is 2. The van der Waals surface area contributed by atoms with E-state index in [0.29, 0.717) is 12.1 Å². The van der Waals surface area contributed by atoms with Gasteiger partial charge < -0.3 is 29.2 Å². The summed E-state index contributed by atoms with van der Waals surface area (Å²) in [5.41, 5.74) is -2.53. The Morgan fingerprint density at radius 2 is 0.912 bits per heavy atom. The molecule has 0 heterocycles. The summed E-state index contributed by atoms with van der Waals surface area (Å²) in [6.45, 7) is 7.93. The molecule has 182 valence electrons. The van der Waals surface area contributed by atoms with Gasteiger partial charge in [0.1, 0.15) is 26.4 Å². The standard InChI is InChI=1S/C22H22O12/c1-11(2)19(27)31-5-7-33-21(29)15-10-16(14(18(25)26)9-13(15)17(23)24)22(30)34-8-6-32-20(28)12(3)4/h9-10H,1,3,5-8H2,2,4H3,(H,23,24)(H,25,26).